The molecule has 3 N–H and O–H groups in total. The number of hydrazone groups is 1. The highest BCUT2D eigenvalue weighted by atomic mass is 32.2. The van der Waals surface area contributed by atoms with E-state index in [9.17, 15) is 4.79 Å². The number of amides is 1. The molecule has 0 saturated carbocycles. The normalized spacial score (nSPS) is 17.8. The van der Waals surface area contributed by atoms with E-state index in [4.69, 9.17) is 0 Å². The first-order chi connectivity index (χ1) is 11.1. The van der Waals surface area contributed by atoms with Gasteiger partial charge in [-0.3, -0.25) is 4.79 Å². The van der Waals surface area contributed by atoms with Gasteiger partial charge in [-0.05, 0) is 18.4 Å². The number of hydrogen-bond donors (Lipinski definition) is 3. The summed E-state index contributed by atoms with van der Waals surface area (Å²) in [4.78, 5) is 20.4. The van der Waals surface area contributed by atoms with Crippen molar-refractivity contribution in [3.05, 3.63) is 23.8 Å². The van der Waals surface area contributed by atoms with E-state index < -0.39 is 0 Å². The van der Waals surface area contributed by atoms with Crippen molar-refractivity contribution >= 4 is 40.1 Å². The fraction of sp³-hybridized carbons (Fsp3) is 0.333. The molecule has 2 heterocycles. The third kappa shape index (κ3) is 3.13. The van der Waals surface area contributed by atoms with Crippen LogP contribution in [0.5, 0.6) is 0 Å². The number of nitrogens with zero attached hydrogens (tertiary/aromatic N) is 3. The van der Waals surface area contributed by atoms with Gasteiger partial charge in [-0.2, -0.15) is 5.10 Å². The van der Waals surface area contributed by atoms with Crippen molar-refractivity contribution in [2.75, 3.05) is 18.7 Å². The molecular formula is C15H18N6OS. The fourth-order valence-corrected chi connectivity index (χ4v) is 2.95. The number of carbonyl (C=O) groups is 1. The number of thioether (sulfide) groups is 1. The molecule has 0 aliphatic carbocycles. The van der Waals surface area contributed by atoms with Gasteiger partial charge in [0.15, 0.2) is 11.0 Å². The number of rotatable bonds is 4. The molecule has 1 aliphatic heterocycles. The monoisotopic (exact) mass is 330 g/mol. The van der Waals surface area contributed by atoms with Gasteiger partial charge in [-0.15, -0.1) is 0 Å². The Morgan fingerprint density at radius 2 is 2.17 bits per heavy atom. The molecule has 0 bridgehead atoms. The van der Waals surface area contributed by atoms with Crippen molar-refractivity contribution in [1.29, 1.82) is 0 Å². The van der Waals surface area contributed by atoms with Crippen molar-refractivity contribution in [2.45, 2.75) is 18.5 Å². The van der Waals surface area contributed by atoms with E-state index in [0.29, 0.717) is 11.6 Å². The Labute approximate surface area is 138 Å². The lowest BCUT2D eigenvalue weighted by Gasteiger charge is -2.19. The second kappa shape index (κ2) is 6.51. The summed E-state index contributed by atoms with van der Waals surface area (Å²) in [5, 5.41) is 5.83. The lowest BCUT2D eigenvalue weighted by Crippen LogP contribution is -2.31. The molecule has 0 spiro atoms. The van der Waals surface area contributed by atoms with E-state index in [1.165, 1.54) is 11.8 Å². The number of fused-ring (bicyclic) bond motifs is 1. The number of anilines is 1. The Kier molecular flexibility index (Phi) is 4.44. The minimum atomic E-state index is -0.0467. The smallest absolute Gasteiger partial charge is 0.240 e. The van der Waals surface area contributed by atoms with Crippen LogP contribution in [-0.2, 0) is 4.79 Å². The Morgan fingerprint density at radius 3 is 2.87 bits per heavy atom. The minimum Gasteiger partial charge on any atom is -0.305 e. The summed E-state index contributed by atoms with van der Waals surface area (Å²) in [7, 11) is 1.79. The van der Waals surface area contributed by atoms with Gasteiger partial charge in [-0.1, -0.05) is 24.8 Å². The van der Waals surface area contributed by atoms with E-state index in [1.807, 2.05) is 31.4 Å². The second-order valence-electron chi connectivity index (χ2n) is 5.30. The molecule has 1 atom stereocenters. The van der Waals surface area contributed by atoms with Crippen LogP contribution >= 0.6 is 11.8 Å². The first-order valence-corrected chi connectivity index (χ1v) is 8.50. The molecule has 1 unspecified atom stereocenters. The van der Waals surface area contributed by atoms with Crippen LogP contribution < -0.4 is 16.3 Å². The molecule has 0 radical (unpaired) electrons. The van der Waals surface area contributed by atoms with Gasteiger partial charge in [0.25, 0.3) is 0 Å². The van der Waals surface area contributed by atoms with Crippen LogP contribution in [0.4, 0.5) is 5.82 Å². The molecule has 1 aromatic carbocycles. The summed E-state index contributed by atoms with van der Waals surface area (Å²) in [5.41, 5.74) is 11.2. The van der Waals surface area contributed by atoms with E-state index in [2.05, 4.69) is 31.3 Å². The SMILES string of the molecule is CNNc1nc(SC)nc2cc(C3=NNC(=O)CC3C)ccc12. The highest BCUT2D eigenvalue weighted by Crippen LogP contribution is 2.26. The standard InChI is InChI=1S/C15H18N6OS/c1-8-6-12(22)19-20-13(8)9-4-5-10-11(7-9)17-15(23-3)18-14(10)21-16-2/h4-5,7-8,16H,6H2,1-3H3,(H,19,22)(H,17,18,21). The lowest BCUT2D eigenvalue weighted by atomic mass is 9.93. The van der Waals surface area contributed by atoms with Crippen molar-refractivity contribution in [2.24, 2.45) is 11.0 Å². The van der Waals surface area contributed by atoms with Crippen LogP contribution in [0.1, 0.15) is 18.9 Å². The molecule has 0 saturated heterocycles. The molecule has 7 nitrogen and oxygen atoms in total. The largest absolute Gasteiger partial charge is 0.305 e. The summed E-state index contributed by atoms with van der Waals surface area (Å²) >= 11 is 1.49. The lowest BCUT2D eigenvalue weighted by molar-refractivity contribution is -0.121. The maximum Gasteiger partial charge on any atom is 0.240 e. The number of nitrogens with one attached hydrogen (secondary N) is 3. The van der Waals surface area contributed by atoms with Crippen molar-refractivity contribution < 1.29 is 4.79 Å². The van der Waals surface area contributed by atoms with Crippen molar-refractivity contribution in [3.63, 3.8) is 0 Å². The van der Waals surface area contributed by atoms with Crippen molar-refractivity contribution in [3.8, 4) is 0 Å². The van der Waals surface area contributed by atoms with Gasteiger partial charge in [-0.25, -0.2) is 20.8 Å². The Hall–Kier alpha value is -2.19. The summed E-state index contributed by atoms with van der Waals surface area (Å²) in [5.74, 6) is 0.771. The van der Waals surface area contributed by atoms with Crippen LogP contribution in [0.15, 0.2) is 28.5 Å². The van der Waals surface area contributed by atoms with Gasteiger partial charge < -0.3 is 5.43 Å². The average Bonchev–Trinajstić information content (AvgIpc) is 2.54. The van der Waals surface area contributed by atoms with Gasteiger partial charge in [0.05, 0.1) is 11.2 Å². The first-order valence-electron chi connectivity index (χ1n) is 7.27. The van der Waals surface area contributed by atoms with Crippen LogP contribution in [0.3, 0.4) is 0 Å². The Balaban J connectivity index is 2.09. The summed E-state index contributed by atoms with van der Waals surface area (Å²) in [6, 6.07) is 5.95. The number of carbonyl (C=O) groups excluding carboxylic acids is 1. The number of hydrazine groups is 1. The fourth-order valence-electron chi connectivity index (χ4n) is 2.57. The van der Waals surface area contributed by atoms with Gasteiger partial charge in [0.2, 0.25) is 5.91 Å². The maximum atomic E-state index is 11.4. The number of aromatic nitrogens is 2. The Bertz CT molecular complexity index is 791. The zero-order chi connectivity index (χ0) is 16.4. The minimum absolute atomic E-state index is 0.0467. The van der Waals surface area contributed by atoms with E-state index in [0.717, 1.165) is 28.0 Å². The second-order valence-corrected chi connectivity index (χ2v) is 6.08. The molecule has 3 rings (SSSR count). The van der Waals surface area contributed by atoms with Gasteiger partial charge in [0.1, 0.15) is 0 Å². The summed E-state index contributed by atoms with van der Waals surface area (Å²) < 4.78 is 0. The zero-order valence-corrected chi connectivity index (χ0v) is 14.0. The maximum absolute atomic E-state index is 11.4. The quantitative estimate of drug-likeness (QED) is 0.449. The van der Waals surface area contributed by atoms with E-state index in [-0.39, 0.29) is 11.8 Å². The summed E-state index contributed by atoms with van der Waals surface area (Å²) in [6.45, 7) is 2.00. The molecule has 1 amide bonds. The van der Waals surface area contributed by atoms with E-state index >= 15 is 0 Å². The molecule has 2 aromatic rings. The van der Waals surface area contributed by atoms with Gasteiger partial charge in [0, 0.05) is 30.3 Å². The zero-order valence-electron chi connectivity index (χ0n) is 13.2. The number of hydrogen-bond acceptors (Lipinski definition) is 7. The van der Waals surface area contributed by atoms with Crippen LogP contribution in [0, 0.1) is 5.92 Å². The Morgan fingerprint density at radius 1 is 1.35 bits per heavy atom. The molecule has 120 valence electrons. The van der Waals surface area contributed by atoms with Gasteiger partial charge >= 0.3 is 0 Å². The molecule has 0 fully saturated rings. The molecular weight excluding hydrogens is 312 g/mol. The third-order valence-electron chi connectivity index (χ3n) is 3.66. The molecule has 8 heteroatoms. The molecule has 23 heavy (non-hydrogen) atoms. The summed E-state index contributed by atoms with van der Waals surface area (Å²) in [6.07, 6.45) is 2.39. The predicted molar refractivity (Wildman–Crippen MR) is 92.5 cm³/mol. The van der Waals surface area contributed by atoms with Crippen molar-refractivity contribution in [1.82, 2.24) is 20.8 Å². The topological polar surface area (TPSA) is 91.3 Å². The predicted octanol–water partition coefficient (Wildman–Crippen LogP) is 1.76. The molecule has 1 aliphatic rings. The molecule has 1 aromatic heterocycles. The van der Waals surface area contributed by atoms with Crippen LogP contribution in [0.25, 0.3) is 10.9 Å². The van der Waals surface area contributed by atoms with E-state index in [1.54, 1.807) is 7.05 Å². The van der Waals surface area contributed by atoms with Crippen LogP contribution in [-0.4, -0.2) is 34.9 Å². The third-order valence-corrected chi connectivity index (χ3v) is 4.21. The first kappa shape index (κ1) is 15.7. The highest BCUT2D eigenvalue weighted by Gasteiger charge is 2.22. The average molecular weight is 330 g/mol. The van der Waals surface area contributed by atoms with Crippen LogP contribution in [0.2, 0.25) is 0 Å². The highest BCUT2D eigenvalue weighted by molar-refractivity contribution is 7.98. The number of benzene rings is 1.